The van der Waals surface area contributed by atoms with Crippen LogP contribution in [-0.4, -0.2) is 17.4 Å². The number of allylic oxidation sites excluding steroid dienone is 1. The summed E-state index contributed by atoms with van der Waals surface area (Å²) >= 11 is 0. The van der Waals surface area contributed by atoms with Crippen molar-refractivity contribution >= 4 is 12.3 Å². The minimum Gasteiger partial charge on any atom is -0.481 e. The fourth-order valence-corrected chi connectivity index (χ4v) is 0.756. The summed E-state index contributed by atoms with van der Waals surface area (Å²) in [4.78, 5) is 19.5. The van der Waals surface area contributed by atoms with Crippen molar-refractivity contribution in [3.63, 3.8) is 0 Å². The first-order chi connectivity index (χ1) is 7.18. The van der Waals surface area contributed by atoms with Gasteiger partial charge in [0.2, 0.25) is 0 Å². The number of hydrogen-bond acceptors (Lipinski definition) is 2. The molecule has 0 rings (SSSR count). The van der Waals surface area contributed by atoms with E-state index in [1.165, 1.54) is 0 Å². The Kier molecular flexibility index (Phi) is 16.7. The third-order valence-electron chi connectivity index (χ3n) is 1.59. The molecule has 0 saturated carbocycles. The van der Waals surface area contributed by atoms with Crippen molar-refractivity contribution in [2.75, 3.05) is 0 Å². The van der Waals surface area contributed by atoms with E-state index in [0.717, 1.165) is 38.4 Å². The second-order valence-electron chi connectivity index (χ2n) is 3.17. The first kappa shape index (κ1) is 16.3. The van der Waals surface area contributed by atoms with Gasteiger partial charge < -0.3 is 9.90 Å². The number of carbonyl (C=O) groups excluding carboxylic acids is 1. The molecule has 0 atom stereocenters. The maximum atomic E-state index is 9.91. The van der Waals surface area contributed by atoms with Gasteiger partial charge in [0.1, 0.15) is 6.29 Å². The second kappa shape index (κ2) is 15.4. The predicted molar refractivity (Wildman–Crippen MR) is 61.9 cm³/mol. The van der Waals surface area contributed by atoms with Crippen LogP contribution >= 0.6 is 0 Å². The summed E-state index contributed by atoms with van der Waals surface area (Å²) < 4.78 is 0. The molecule has 0 aliphatic carbocycles. The lowest BCUT2D eigenvalue weighted by Gasteiger charge is -1.83. The largest absolute Gasteiger partial charge is 0.481 e. The fourth-order valence-electron chi connectivity index (χ4n) is 0.756. The molecule has 1 N–H and O–H groups in total. The highest BCUT2D eigenvalue weighted by molar-refractivity contribution is 5.68. The van der Waals surface area contributed by atoms with Crippen molar-refractivity contribution in [2.24, 2.45) is 0 Å². The monoisotopic (exact) mass is 214 g/mol. The van der Waals surface area contributed by atoms with Gasteiger partial charge in [0.05, 0.1) is 6.42 Å². The highest BCUT2D eigenvalue weighted by Gasteiger charge is 1.86. The smallest absolute Gasteiger partial charge is 0.307 e. The number of carbonyl (C=O) groups is 2. The summed E-state index contributed by atoms with van der Waals surface area (Å²) in [6.07, 6.45) is 9.66. The van der Waals surface area contributed by atoms with Gasteiger partial charge in [-0.3, -0.25) is 4.79 Å². The maximum absolute atomic E-state index is 9.91. The van der Waals surface area contributed by atoms with E-state index in [4.69, 9.17) is 5.11 Å². The standard InChI is InChI=1S/C7H12O2.C5H10O/c1-2-3-4-5-6-7(8)9;1-2-3-4-5-6/h4-5H,2-3,6H2,1H3,(H,8,9);5H,2-4H2,1H3. The minimum absolute atomic E-state index is 0.153. The molecule has 0 aromatic carbocycles. The van der Waals surface area contributed by atoms with Gasteiger partial charge in [0, 0.05) is 6.42 Å². The third-order valence-corrected chi connectivity index (χ3v) is 1.59. The van der Waals surface area contributed by atoms with E-state index in [9.17, 15) is 9.59 Å². The van der Waals surface area contributed by atoms with E-state index in [0.29, 0.717) is 0 Å². The van der Waals surface area contributed by atoms with E-state index in [2.05, 4.69) is 13.8 Å². The van der Waals surface area contributed by atoms with Crippen molar-refractivity contribution in [3.8, 4) is 0 Å². The number of hydrogen-bond donors (Lipinski definition) is 1. The molecule has 0 radical (unpaired) electrons. The minimum atomic E-state index is -0.762. The van der Waals surface area contributed by atoms with Crippen LogP contribution in [0.1, 0.15) is 52.4 Å². The summed E-state index contributed by atoms with van der Waals surface area (Å²) in [5.41, 5.74) is 0. The summed E-state index contributed by atoms with van der Waals surface area (Å²) in [5.74, 6) is -0.762. The van der Waals surface area contributed by atoms with Crippen LogP contribution in [0.5, 0.6) is 0 Å². The molecule has 0 aromatic rings. The van der Waals surface area contributed by atoms with Gasteiger partial charge in [-0.1, -0.05) is 38.8 Å². The molecular formula is C12H22O3. The molecule has 0 amide bonds. The molecule has 0 saturated heterocycles. The Morgan fingerprint density at radius 1 is 1.13 bits per heavy atom. The predicted octanol–water partition coefficient (Wildman–Crippen LogP) is 3.19. The van der Waals surface area contributed by atoms with Crippen LogP contribution < -0.4 is 0 Å². The van der Waals surface area contributed by atoms with Gasteiger partial charge in [-0.05, 0) is 12.8 Å². The van der Waals surface area contributed by atoms with Crippen molar-refractivity contribution < 1.29 is 14.7 Å². The average Bonchev–Trinajstić information content (AvgIpc) is 2.22. The lowest BCUT2D eigenvalue weighted by atomic mass is 10.3. The van der Waals surface area contributed by atoms with Gasteiger partial charge >= 0.3 is 5.97 Å². The second-order valence-corrected chi connectivity index (χ2v) is 3.17. The molecular weight excluding hydrogens is 192 g/mol. The average molecular weight is 214 g/mol. The zero-order valence-corrected chi connectivity index (χ0v) is 9.74. The van der Waals surface area contributed by atoms with Crippen molar-refractivity contribution in [3.05, 3.63) is 12.2 Å². The molecule has 0 aliphatic heterocycles. The molecule has 0 spiro atoms. The number of unbranched alkanes of at least 4 members (excludes halogenated alkanes) is 3. The Labute approximate surface area is 92.2 Å². The lowest BCUT2D eigenvalue weighted by Crippen LogP contribution is -1.89. The zero-order chi connectivity index (χ0) is 11.9. The van der Waals surface area contributed by atoms with Crippen LogP contribution in [0.15, 0.2) is 12.2 Å². The molecule has 0 heterocycles. The topological polar surface area (TPSA) is 54.4 Å². The molecule has 0 unspecified atom stereocenters. The Bertz CT molecular complexity index is 174. The van der Waals surface area contributed by atoms with Crippen LogP contribution in [0.2, 0.25) is 0 Å². The Balaban J connectivity index is 0. The van der Waals surface area contributed by atoms with Crippen LogP contribution in [0.25, 0.3) is 0 Å². The summed E-state index contributed by atoms with van der Waals surface area (Å²) in [5, 5.41) is 8.16. The number of aliphatic carboxylic acids is 1. The van der Waals surface area contributed by atoms with Crippen LogP contribution in [0.3, 0.4) is 0 Å². The summed E-state index contributed by atoms with van der Waals surface area (Å²) in [6, 6.07) is 0. The van der Waals surface area contributed by atoms with E-state index >= 15 is 0 Å². The van der Waals surface area contributed by atoms with E-state index in [1.807, 2.05) is 6.08 Å². The van der Waals surface area contributed by atoms with Gasteiger partial charge in [-0.2, -0.15) is 0 Å². The molecule has 3 nitrogen and oxygen atoms in total. The normalized spacial score (nSPS) is 9.47. The fraction of sp³-hybridized carbons (Fsp3) is 0.667. The van der Waals surface area contributed by atoms with Crippen LogP contribution in [0.4, 0.5) is 0 Å². The first-order valence-corrected chi connectivity index (χ1v) is 5.49. The maximum Gasteiger partial charge on any atom is 0.307 e. The molecule has 0 bridgehead atoms. The van der Waals surface area contributed by atoms with Crippen molar-refractivity contribution in [1.82, 2.24) is 0 Å². The zero-order valence-electron chi connectivity index (χ0n) is 9.74. The quantitative estimate of drug-likeness (QED) is 0.402. The molecule has 88 valence electrons. The number of carboxylic acid groups (broad SMARTS) is 1. The van der Waals surface area contributed by atoms with E-state index in [1.54, 1.807) is 6.08 Å². The first-order valence-electron chi connectivity index (χ1n) is 5.49. The highest BCUT2D eigenvalue weighted by atomic mass is 16.4. The molecule has 0 aliphatic rings. The highest BCUT2D eigenvalue weighted by Crippen LogP contribution is 1.90. The van der Waals surface area contributed by atoms with E-state index in [-0.39, 0.29) is 6.42 Å². The number of rotatable bonds is 7. The third kappa shape index (κ3) is 24.6. The number of carboxylic acids is 1. The van der Waals surface area contributed by atoms with E-state index < -0.39 is 5.97 Å². The van der Waals surface area contributed by atoms with Crippen LogP contribution in [-0.2, 0) is 9.59 Å². The summed E-state index contributed by atoms with van der Waals surface area (Å²) in [7, 11) is 0. The molecule has 3 heteroatoms. The van der Waals surface area contributed by atoms with Crippen LogP contribution in [0, 0.1) is 0 Å². The Morgan fingerprint density at radius 2 is 1.80 bits per heavy atom. The van der Waals surface area contributed by atoms with Crippen molar-refractivity contribution in [2.45, 2.75) is 52.4 Å². The number of aldehydes is 1. The SMILES string of the molecule is CCCC=CCC(=O)O.CCCCC=O. The molecule has 0 fully saturated rings. The van der Waals surface area contributed by atoms with Crippen molar-refractivity contribution in [1.29, 1.82) is 0 Å². The van der Waals surface area contributed by atoms with Gasteiger partial charge in [-0.25, -0.2) is 0 Å². The summed E-state index contributed by atoms with van der Waals surface area (Å²) in [6.45, 7) is 4.13. The molecule has 0 aromatic heterocycles. The van der Waals surface area contributed by atoms with Gasteiger partial charge in [-0.15, -0.1) is 0 Å². The Hall–Kier alpha value is -1.12. The Morgan fingerprint density at radius 3 is 2.13 bits per heavy atom. The van der Waals surface area contributed by atoms with Gasteiger partial charge in [0.15, 0.2) is 0 Å². The molecule has 15 heavy (non-hydrogen) atoms. The lowest BCUT2D eigenvalue weighted by molar-refractivity contribution is -0.136. The van der Waals surface area contributed by atoms with Gasteiger partial charge in [0.25, 0.3) is 0 Å².